The summed E-state index contributed by atoms with van der Waals surface area (Å²) in [6, 6.07) is 7.95. The Morgan fingerprint density at radius 3 is 2.87 bits per heavy atom. The van der Waals surface area contributed by atoms with E-state index in [9.17, 15) is 4.79 Å². The zero-order valence-electron chi connectivity index (χ0n) is 8.77. The van der Waals surface area contributed by atoms with Crippen molar-refractivity contribution in [2.45, 2.75) is 13.0 Å². The topological polar surface area (TPSA) is 34.4 Å². The third-order valence-electron chi connectivity index (χ3n) is 2.62. The van der Waals surface area contributed by atoms with E-state index in [0.717, 1.165) is 16.5 Å². The minimum Gasteiger partial charge on any atom is -0.350 e. The molecule has 1 unspecified atom stereocenters. The molecule has 76 valence electrons. The lowest BCUT2D eigenvalue weighted by atomic mass is 10.1. The van der Waals surface area contributed by atoms with Crippen molar-refractivity contribution in [2.75, 3.05) is 0 Å². The number of fused-ring (bicyclic) bond motifs is 1. The van der Waals surface area contributed by atoms with Crippen LogP contribution >= 0.6 is 0 Å². The van der Waals surface area contributed by atoms with Gasteiger partial charge in [-0.15, -0.1) is 0 Å². The molecule has 0 saturated heterocycles. The van der Waals surface area contributed by atoms with E-state index in [2.05, 4.69) is 11.1 Å². The largest absolute Gasteiger partial charge is 0.350 e. The molecule has 1 atom stereocenters. The van der Waals surface area contributed by atoms with Crippen LogP contribution in [0.5, 0.6) is 0 Å². The van der Waals surface area contributed by atoms with Gasteiger partial charge in [-0.1, -0.05) is 18.2 Å². The Hall–Kier alpha value is -1.86. The number of benzene rings is 1. The number of hydrogen-bond donors (Lipinski definition) is 0. The number of rotatable bonds is 2. The summed E-state index contributed by atoms with van der Waals surface area (Å²) in [5.74, 6) is 0. The van der Waals surface area contributed by atoms with Gasteiger partial charge in [0.1, 0.15) is 0 Å². The van der Waals surface area contributed by atoms with Crippen LogP contribution in [-0.2, 0) is 11.8 Å². The number of nitrogens with zero attached hydrogens (tertiary/aromatic N) is 2. The van der Waals surface area contributed by atoms with E-state index in [0.29, 0.717) is 0 Å². The molecule has 0 bridgehead atoms. The van der Waals surface area contributed by atoms with Gasteiger partial charge in [0.15, 0.2) is 0 Å². The van der Waals surface area contributed by atoms with Crippen LogP contribution in [0.3, 0.4) is 0 Å². The van der Waals surface area contributed by atoms with E-state index in [1.165, 1.54) is 0 Å². The Kier molecular flexibility index (Phi) is 2.40. The fraction of sp³-hybridized carbons (Fsp3) is 0.250. The van der Waals surface area contributed by atoms with Crippen molar-refractivity contribution >= 4 is 17.0 Å². The van der Waals surface area contributed by atoms with Crippen LogP contribution in [0, 0.1) is 0 Å². The Morgan fingerprint density at radius 1 is 1.40 bits per heavy atom. The first-order valence-electron chi connectivity index (χ1n) is 4.85. The average Bonchev–Trinajstić information content (AvgIpc) is 2.58. The third kappa shape index (κ3) is 1.58. The van der Waals surface area contributed by atoms with Gasteiger partial charge in [-0.2, -0.15) is 4.99 Å². The Morgan fingerprint density at radius 2 is 2.13 bits per heavy atom. The van der Waals surface area contributed by atoms with Gasteiger partial charge < -0.3 is 4.57 Å². The summed E-state index contributed by atoms with van der Waals surface area (Å²) in [7, 11) is 1.99. The van der Waals surface area contributed by atoms with Crippen molar-refractivity contribution < 1.29 is 4.79 Å². The lowest BCUT2D eigenvalue weighted by molar-refractivity contribution is 0.559. The Bertz CT molecular complexity index is 536. The number of aliphatic imine (C=N–C) groups is 1. The SMILES string of the molecule is CC(N=C=O)c1cn(C)c2ccccc12. The summed E-state index contributed by atoms with van der Waals surface area (Å²) in [6.07, 6.45) is 3.62. The molecule has 0 N–H and O–H groups in total. The molecule has 15 heavy (non-hydrogen) atoms. The minimum absolute atomic E-state index is 0.131. The highest BCUT2D eigenvalue weighted by Crippen LogP contribution is 2.27. The van der Waals surface area contributed by atoms with Crippen molar-refractivity contribution in [3.8, 4) is 0 Å². The molecule has 0 spiro atoms. The van der Waals surface area contributed by atoms with Crippen LogP contribution in [0.1, 0.15) is 18.5 Å². The molecular formula is C12H12N2O. The molecular weight excluding hydrogens is 188 g/mol. The molecule has 2 rings (SSSR count). The molecule has 0 amide bonds. The van der Waals surface area contributed by atoms with Crippen LogP contribution in [0.25, 0.3) is 10.9 Å². The molecule has 0 saturated carbocycles. The summed E-state index contributed by atoms with van der Waals surface area (Å²) in [4.78, 5) is 14.0. The number of para-hydroxylation sites is 1. The van der Waals surface area contributed by atoms with Crippen LogP contribution < -0.4 is 0 Å². The van der Waals surface area contributed by atoms with Gasteiger partial charge in [0, 0.05) is 29.7 Å². The molecule has 0 fully saturated rings. The lowest BCUT2D eigenvalue weighted by Crippen LogP contribution is -1.87. The van der Waals surface area contributed by atoms with E-state index in [1.807, 2.05) is 42.9 Å². The Labute approximate surface area is 88.0 Å². The van der Waals surface area contributed by atoms with Gasteiger partial charge >= 0.3 is 0 Å². The highest BCUT2D eigenvalue weighted by Gasteiger charge is 2.11. The van der Waals surface area contributed by atoms with Crippen molar-refractivity contribution in [1.82, 2.24) is 4.57 Å². The predicted octanol–water partition coefficient (Wildman–Crippen LogP) is 2.58. The van der Waals surface area contributed by atoms with Crippen molar-refractivity contribution in [3.05, 3.63) is 36.0 Å². The lowest BCUT2D eigenvalue weighted by Gasteiger charge is -2.00. The van der Waals surface area contributed by atoms with E-state index in [4.69, 9.17) is 0 Å². The highest BCUT2D eigenvalue weighted by molar-refractivity contribution is 5.84. The molecule has 2 aromatic rings. The average molecular weight is 200 g/mol. The Balaban J connectivity index is 2.66. The van der Waals surface area contributed by atoms with Crippen LogP contribution in [0.15, 0.2) is 35.5 Å². The first-order chi connectivity index (χ1) is 7.24. The summed E-state index contributed by atoms with van der Waals surface area (Å²) < 4.78 is 2.04. The van der Waals surface area contributed by atoms with Gasteiger partial charge in [0.2, 0.25) is 6.08 Å². The maximum Gasteiger partial charge on any atom is 0.235 e. The second-order valence-corrected chi connectivity index (χ2v) is 3.61. The zero-order chi connectivity index (χ0) is 10.8. The van der Waals surface area contributed by atoms with Crippen LogP contribution in [0.2, 0.25) is 0 Å². The molecule has 3 heteroatoms. The van der Waals surface area contributed by atoms with Crippen molar-refractivity contribution in [1.29, 1.82) is 0 Å². The number of isocyanates is 1. The zero-order valence-corrected chi connectivity index (χ0v) is 8.77. The van der Waals surface area contributed by atoms with Crippen molar-refractivity contribution in [2.24, 2.45) is 12.0 Å². The molecule has 0 radical (unpaired) electrons. The third-order valence-corrected chi connectivity index (χ3v) is 2.62. The highest BCUT2D eigenvalue weighted by atomic mass is 16.1. The number of aromatic nitrogens is 1. The molecule has 1 aromatic carbocycles. The monoisotopic (exact) mass is 200 g/mol. The summed E-state index contributed by atoms with van der Waals surface area (Å²) >= 11 is 0. The summed E-state index contributed by atoms with van der Waals surface area (Å²) in [6.45, 7) is 1.90. The molecule has 0 aliphatic rings. The second kappa shape index (κ2) is 3.71. The fourth-order valence-electron chi connectivity index (χ4n) is 1.85. The smallest absolute Gasteiger partial charge is 0.235 e. The predicted molar refractivity (Wildman–Crippen MR) is 59.5 cm³/mol. The van der Waals surface area contributed by atoms with Crippen molar-refractivity contribution in [3.63, 3.8) is 0 Å². The molecule has 3 nitrogen and oxygen atoms in total. The number of hydrogen-bond acceptors (Lipinski definition) is 2. The molecule has 1 heterocycles. The van der Waals surface area contributed by atoms with E-state index in [1.54, 1.807) is 6.08 Å². The van der Waals surface area contributed by atoms with Gasteiger partial charge in [0.25, 0.3) is 0 Å². The van der Waals surface area contributed by atoms with Crippen LogP contribution in [0.4, 0.5) is 0 Å². The number of carbonyl (C=O) groups excluding carboxylic acids is 1. The van der Waals surface area contributed by atoms with Gasteiger partial charge in [0.05, 0.1) is 6.04 Å². The van der Waals surface area contributed by atoms with Gasteiger partial charge in [-0.05, 0) is 13.0 Å². The fourth-order valence-corrected chi connectivity index (χ4v) is 1.85. The van der Waals surface area contributed by atoms with Gasteiger partial charge in [-0.25, -0.2) is 4.79 Å². The molecule has 0 aliphatic carbocycles. The first-order valence-corrected chi connectivity index (χ1v) is 4.85. The van der Waals surface area contributed by atoms with Crippen LogP contribution in [-0.4, -0.2) is 10.6 Å². The maximum atomic E-state index is 10.2. The molecule has 0 aliphatic heterocycles. The molecule has 1 aromatic heterocycles. The van der Waals surface area contributed by atoms with E-state index < -0.39 is 0 Å². The second-order valence-electron chi connectivity index (χ2n) is 3.61. The maximum absolute atomic E-state index is 10.2. The summed E-state index contributed by atoms with van der Waals surface area (Å²) in [5, 5.41) is 1.14. The van der Waals surface area contributed by atoms with E-state index in [-0.39, 0.29) is 6.04 Å². The summed E-state index contributed by atoms with van der Waals surface area (Å²) in [5.41, 5.74) is 2.22. The minimum atomic E-state index is -0.131. The normalized spacial score (nSPS) is 12.4. The number of aryl methyl sites for hydroxylation is 1. The van der Waals surface area contributed by atoms with E-state index >= 15 is 0 Å². The first kappa shape index (κ1) is 9.69. The standard InChI is InChI=1S/C12H12N2O/c1-9(13-8-15)11-7-14(2)12-6-4-3-5-10(11)12/h3-7,9H,1-2H3. The van der Waals surface area contributed by atoms with Gasteiger partial charge in [-0.3, -0.25) is 0 Å². The quantitative estimate of drug-likeness (QED) is 0.542.